The van der Waals surface area contributed by atoms with Crippen LogP contribution in [0.5, 0.6) is 0 Å². The van der Waals surface area contributed by atoms with E-state index in [1.165, 1.54) is 19.3 Å². The van der Waals surface area contributed by atoms with Crippen molar-refractivity contribution in [2.24, 2.45) is 0 Å². The summed E-state index contributed by atoms with van der Waals surface area (Å²) in [6.07, 6.45) is 2.48. The zero-order chi connectivity index (χ0) is 33.1. The summed E-state index contributed by atoms with van der Waals surface area (Å²) in [6, 6.07) is 57.3. The summed E-state index contributed by atoms with van der Waals surface area (Å²) in [5.41, 5.74) is 2.40. The van der Waals surface area contributed by atoms with Crippen molar-refractivity contribution in [1.82, 2.24) is 0 Å². The first-order valence-electron chi connectivity index (χ1n) is 15.0. The van der Waals surface area contributed by atoms with Crippen molar-refractivity contribution in [1.29, 1.82) is 0 Å². The van der Waals surface area contributed by atoms with Gasteiger partial charge < -0.3 is 10.2 Å². The molecule has 0 aliphatic carbocycles. The van der Waals surface area contributed by atoms with Crippen LogP contribution in [0, 0.1) is 0 Å². The van der Waals surface area contributed by atoms with Crippen LogP contribution in [0.15, 0.2) is 194 Å². The molecule has 0 amide bonds. The van der Waals surface area contributed by atoms with E-state index in [9.17, 15) is 19.8 Å². The van der Waals surface area contributed by atoms with E-state index in [2.05, 4.69) is 60.7 Å². The van der Waals surface area contributed by atoms with Gasteiger partial charge in [0.2, 0.25) is 0 Å². The average Bonchev–Trinajstić information content (AvgIpc) is 3.14. The number of carbonyl (C=O) groups is 2. The quantitative estimate of drug-likeness (QED) is 0.0719. The molecular formula is C42H34O4Sn. The molecule has 5 heteroatoms. The molecule has 0 heterocycles. The summed E-state index contributed by atoms with van der Waals surface area (Å²) >= 11 is -0.517. The van der Waals surface area contributed by atoms with Crippen LogP contribution in [0.4, 0.5) is 0 Å². The number of hydrogen-bond acceptors (Lipinski definition) is 4. The van der Waals surface area contributed by atoms with E-state index < -0.39 is 21.1 Å². The van der Waals surface area contributed by atoms with E-state index in [1.807, 2.05) is 48.5 Å². The Bertz CT molecular complexity index is 1720. The standard InChI is InChI=1S/2C15H12O2.2C6H5.Sn/c2*16-14(12-7-3-1-4-8-12)11-15(17)13-9-5-2-6-10-13;2*1-2-4-6-5-3-1;/h2*1-11,16H;2*1-5H;/b2*14-11-;;;. The van der Waals surface area contributed by atoms with Gasteiger partial charge in [-0.1, -0.05) is 121 Å². The molecule has 0 atom stereocenters. The van der Waals surface area contributed by atoms with Crippen LogP contribution < -0.4 is 7.16 Å². The molecule has 0 saturated carbocycles. The fourth-order valence-electron chi connectivity index (χ4n) is 4.21. The Morgan fingerprint density at radius 2 is 0.596 bits per heavy atom. The number of carbonyl (C=O) groups excluding carboxylic acids is 2. The number of ketones is 2. The normalized spacial score (nSPS) is 10.8. The van der Waals surface area contributed by atoms with Gasteiger partial charge in [-0.25, -0.2) is 0 Å². The molecule has 6 aromatic carbocycles. The summed E-state index contributed by atoms with van der Waals surface area (Å²) in [7, 11) is 0. The van der Waals surface area contributed by atoms with Gasteiger partial charge in [0.15, 0.2) is 11.6 Å². The van der Waals surface area contributed by atoms with Crippen molar-refractivity contribution < 1.29 is 19.8 Å². The first-order chi connectivity index (χ1) is 23.0. The van der Waals surface area contributed by atoms with Gasteiger partial charge >= 0.3 is 89.0 Å². The minimum absolute atomic E-state index is 0.0144. The van der Waals surface area contributed by atoms with Crippen molar-refractivity contribution in [3.63, 3.8) is 0 Å². The van der Waals surface area contributed by atoms with E-state index in [0.29, 0.717) is 22.3 Å². The van der Waals surface area contributed by atoms with Gasteiger partial charge in [-0.05, 0) is 0 Å². The molecule has 0 aliphatic rings. The molecule has 0 unspecified atom stereocenters. The Morgan fingerprint density at radius 3 is 0.872 bits per heavy atom. The molecule has 2 radical (unpaired) electrons. The van der Waals surface area contributed by atoms with E-state index >= 15 is 0 Å². The Morgan fingerprint density at radius 1 is 0.362 bits per heavy atom. The number of hydrogen-bond donors (Lipinski definition) is 2. The molecule has 0 aliphatic heterocycles. The molecule has 0 bridgehead atoms. The van der Waals surface area contributed by atoms with E-state index in [1.54, 1.807) is 72.8 Å². The molecule has 0 spiro atoms. The molecule has 0 fully saturated rings. The second-order valence-corrected chi connectivity index (χ2v) is 14.1. The number of rotatable bonds is 8. The van der Waals surface area contributed by atoms with E-state index in [-0.39, 0.29) is 23.1 Å². The summed E-state index contributed by atoms with van der Waals surface area (Å²) < 4.78 is 3.08. The van der Waals surface area contributed by atoms with Gasteiger partial charge in [-0.3, -0.25) is 9.59 Å². The maximum atomic E-state index is 11.8. The summed E-state index contributed by atoms with van der Waals surface area (Å²) in [4.78, 5) is 23.6. The third-order valence-corrected chi connectivity index (χ3v) is 10.2. The van der Waals surface area contributed by atoms with Crippen molar-refractivity contribution >= 4 is 51.4 Å². The summed E-state index contributed by atoms with van der Waals surface area (Å²) in [5, 5.41) is 19.6. The van der Waals surface area contributed by atoms with Crippen LogP contribution in [0.25, 0.3) is 11.5 Å². The molecule has 6 aromatic rings. The molecule has 230 valence electrons. The van der Waals surface area contributed by atoms with Crippen LogP contribution in [-0.4, -0.2) is 42.9 Å². The number of benzene rings is 6. The predicted molar refractivity (Wildman–Crippen MR) is 194 cm³/mol. The summed E-state index contributed by atoms with van der Waals surface area (Å²) in [6.45, 7) is 0. The minimum atomic E-state index is -0.517. The number of allylic oxidation sites excluding steroid dienone is 2. The van der Waals surface area contributed by atoms with Crippen LogP contribution in [-0.2, 0) is 0 Å². The second-order valence-electron chi connectivity index (χ2n) is 10.1. The Balaban J connectivity index is 0.000000161. The van der Waals surface area contributed by atoms with Crippen LogP contribution >= 0.6 is 0 Å². The van der Waals surface area contributed by atoms with Gasteiger partial charge in [0, 0.05) is 34.4 Å². The molecule has 4 nitrogen and oxygen atoms in total. The number of aliphatic hydroxyl groups is 2. The molecule has 0 aromatic heterocycles. The van der Waals surface area contributed by atoms with Gasteiger partial charge in [0.05, 0.1) is 0 Å². The molecule has 6 rings (SSSR count). The third-order valence-electron chi connectivity index (χ3n) is 6.63. The molecule has 47 heavy (non-hydrogen) atoms. The fourth-order valence-corrected chi connectivity index (χ4v) is 7.22. The molecule has 2 N–H and O–H groups in total. The van der Waals surface area contributed by atoms with Crippen molar-refractivity contribution in [2.45, 2.75) is 0 Å². The predicted octanol–water partition coefficient (Wildman–Crippen LogP) is 8.28. The zero-order valence-electron chi connectivity index (χ0n) is 25.7. The second kappa shape index (κ2) is 19.1. The van der Waals surface area contributed by atoms with Gasteiger partial charge in [-0.2, -0.15) is 0 Å². The topological polar surface area (TPSA) is 74.6 Å². The summed E-state index contributed by atoms with van der Waals surface area (Å²) in [5.74, 6) is -0.433. The fraction of sp³-hybridized carbons (Fsp3) is 0. The van der Waals surface area contributed by atoms with Gasteiger partial charge in [-0.15, -0.1) is 0 Å². The first kappa shape index (κ1) is 34.4. The van der Waals surface area contributed by atoms with Crippen LogP contribution in [0.3, 0.4) is 0 Å². The van der Waals surface area contributed by atoms with E-state index in [0.717, 1.165) is 0 Å². The van der Waals surface area contributed by atoms with Crippen LogP contribution in [0.2, 0.25) is 0 Å². The SMILES string of the molecule is O=C(/C=C(\O)c1ccccc1)c1ccccc1.O=C(/C=C(\O)c1ccccc1)c1ccccc1.c1cc[c]([Sn][c]2ccccc2)cc1. The number of aliphatic hydroxyl groups excluding tert-OH is 2. The maximum absolute atomic E-state index is 11.8. The average molecular weight is 721 g/mol. The first-order valence-corrected chi connectivity index (χ1v) is 17.8. The Hall–Kier alpha value is -5.46. The third kappa shape index (κ3) is 12.1. The van der Waals surface area contributed by atoms with Gasteiger partial charge in [0.25, 0.3) is 0 Å². The van der Waals surface area contributed by atoms with E-state index in [4.69, 9.17) is 0 Å². The monoisotopic (exact) mass is 722 g/mol. The van der Waals surface area contributed by atoms with Gasteiger partial charge in [0.1, 0.15) is 11.5 Å². The van der Waals surface area contributed by atoms with Crippen LogP contribution in [0.1, 0.15) is 31.8 Å². The zero-order valence-corrected chi connectivity index (χ0v) is 28.5. The molecular weight excluding hydrogens is 687 g/mol. The Labute approximate surface area is 286 Å². The van der Waals surface area contributed by atoms with Crippen molar-refractivity contribution in [3.05, 3.63) is 216 Å². The van der Waals surface area contributed by atoms with Crippen molar-refractivity contribution in [2.75, 3.05) is 0 Å². The molecule has 0 saturated heterocycles. The Kier molecular flexibility index (Phi) is 14.0. The van der Waals surface area contributed by atoms with Crippen molar-refractivity contribution in [3.8, 4) is 0 Å².